The van der Waals surface area contributed by atoms with E-state index in [1.165, 1.54) is 19.3 Å². The van der Waals surface area contributed by atoms with Gasteiger partial charge in [0.2, 0.25) is 0 Å². The molecule has 28 heavy (non-hydrogen) atoms. The molecule has 0 aliphatic heterocycles. The van der Waals surface area contributed by atoms with Gasteiger partial charge in [0.15, 0.2) is 0 Å². The lowest BCUT2D eigenvalue weighted by Crippen LogP contribution is -2.07. The molecule has 0 unspecified atom stereocenters. The highest BCUT2D eigenvalue weighted by Crippen LogP contribution is 2.32. The van der Waals surface area contributed by atoms with Crippen LogP contribution in [0.3, 0.4) is 0 Å². The topological polar surface area (TPSA) is 81.8 Å². The average Bonchev–Trinajstić information content (AvgIpc) is 2.71. The Balaban J connectivity index is 0.000000921. The average molecular weight is 411 g/mol. The molecule has 148 valence electrons. The molecule has 0 atom stereocenters. The second-order valence-electron chi connectivity index (χ2n) is 5.15. The Kier molecular flexibility index (Phi) is 8.69. The fourth-order valence-corrected chi connectivity index (χ4v) is 2.49. The summed E-state index contributed by atoms with van der Waals surface area (Å²) in [5.74, 6) is 0. The van der Waals surface area contributed by atoms with Gasteiger partial charge in [0.05, 0.1) is 0 Å². The molecule has 3 heterocycles. The fraction of sp³-hybridized carbons (Fsp3) is 0.158. The van der Waals surface area contributed by atoms with E-state index in [1.54, 1.807) is 24.4 Å². The molecular weight excluding hydrogens is 393 g/mol. The molecule has 2 N–H and O–H groups in total. The van der Waals surface area contributed by atoms with Crippen LogP contribution in [-0.2, 0) is 11.0 Å². The SMILES string of the molecule is C=O.CN.Cc1ncc(-c2ccnc(C(F)(F)F)c2)cc1-c1ccnc(Cl)c1. The Labute approximate surface area is 165 Å². The summed E-state index contributed by atoms with van der Waals surface area (Å²) >= 11 is 5.91. The Morgan fingerprint density at radius 3 is 2.14 bits per heavy atom. The van der Waals surface area contributed by atoms with Crippen LogP contribution in [0.25, 0.3) is 22.3 Å². The highest BCUT2D eigenvalue weighted by molar-refractivity contribution is 6.29. The maximum absolute atomic E-state index is 12.8. The molecule has 3 aromatic rings. The molecule has 0 bridgehead atoms. The number of aryl methyl sites for hydroxylation is 1. The predicted molar refractivity (Wildman–Crippen MR) is 103 cm³/mol. The quantitative estimate of drug-likeness (QED) is 0.625. The predicted octanol–water partition coefficient (Wildman–Crippen LogP) is 4.58. The van der Waals surface area contributed by atoms with Crippen molar-refractivity contribution in [1.82, 2.24) is 15.0 Å². The van der Waals surface area contributed by atoms with E-state index in [2.05, 4.69) is 20.7 Å². The van der Waals surface area contributed by atoms with Gasteiger partial charge in [-0.1, -0.05) is 11.6 Å². The van der Waals surface area contributed by atoms with Crippen molar-refractivity contribution < 1.29 is 18.0 Å². The molecule has 0 amide bonds. The molecule has 0 aliphatic carbocycles. The normalized spacial score (nSPS) is 10.2. The van der Waals surface area contributed by atoms with E-state index in [4.69, 9.17) is 16.4 Å². The summed E-state index contributed by atoms with van der Waals surface area (Å²) in [7, 11) is 1.50. The lowest BCUT2D eigenvalue weighted by atomic mass is 10.0. The number of hydrogen-bond donors (Lipinski definition) is 1. The van der Waals surface area contributed by atoms with Crippen LogP contribution < -0.4 is 5.73 Å². The van der Waals surface area contributed by atoms with Crippen molar-refractivity contribution in [3.05, 3.63) is 65.5 Å². The summed E-state index contributed by atoms with van der Waals surface area (Å²) < 4.78 is 38.5. The molecule has 0 aromatic carbocycles. The van der Waals surface area contributed by atoms with Crippen molar-refractivity contribution in [3.63, 3.8) is 0 Å². The van der Waals surface area contributed by atoms with Crippen molar-refractivity contribution in [2.75, 3.05) is 7.05 Å². The van der Waals surface area contributed by atoms with Crippen LogP contribution in [0, 0.1) is 6.92 Å². The first-order chi connectivity index (χ1) is 13.3. The summed E-state index contributed by atoms with van der Waals surface area (Å²) in [6.07, 6.45) is -0.244. The second kappa shape index (κ2) is 10.5. The smallest absolute Gasteiger partial charge is 0.333 e. The third-order valence-corrected chi connectivity index (χ3v) is 3.71. The van der Waals surface area contributed by atoms with Crippen LogP contribution in [0.1, 0.15) is 11.4 Å². The maximum Gasteiger partial charge on any atom is 0.433 e. The van der Waals surface area contributed by atoms with E-state index >= 15 is 0 Å². The molecule has 0 fully saturated rings. The van der Waals surface area contributed by atoms with Gasteiger partial charge in [-0.05, 0) is 55.4 Å². The van der Waals surface area contributed by atoms with Crippen molar-refractivity contribution in [2.24, 2.45) is 5.73 Å². The van der Waals surface area contributed by atoms with Gasteiger partial charge in [-0.2, -0.15) is 13.2 Å². The van der Waals surface area contributed by atoms with E-state index in [0.717, 1.165) is 29.1 Å². The first-order valence-electron chi connectivity index (χ1n) is 7.83. The summed E-state index contributed by atoms with van der Waals surface area (Å²) in [6, 6.07) is 7.76. The zero-order valence-electron chi connectivity index (χ0n) is 15.2. The van der Waals surface area contributed by atoms with Crippen LogP contribution in [0.4, 0.5) is 13.2 Å². The number of hydrogen-bond acceptors (Lipinski definition) is 5. The lowest BCUT2D eigenvalue weighted by molar-refractivity contribution is -0.141. The van der Waals surface area contributed by atoms with Crippen molar-refractivity contribution >= 4 is 18.4 Å². The molecule has 3 rings (SSSR count). The van der Waals surface area contributed by atoms with Crippen molar-refractivity contribution in [3.8, 4) is 22.3 Å². The largest absolute Gasteiger partial charge is 0.433 e. The van der Waals surface area contributed by atoms with E-state index in [-0.39, 0.29) is 0 Å². The Morgan fingerprint density at radius 2 is 1.54 bits per heavy atom. The molecule has 9 heteroatoms. The number of alkyl halides is 3. The van der Waals surface area contributed by atoms with Gasteiger partial charge in [-0.3, -0.25) is 9.97 Å². The van der Waals surface area contributed by atoms with E-state index in [9.17, 15) is 13.2 Å². The van der Waals surface area contributed by atoms with E-state index in [1.807, 2.05) is 13.7 Å². The van der Waals surface area contributed by atoms with Crippen molar-refractivity contribution in [1.29, 1.82) is 0 Å². The number of nitrogens with two attached hydrogens (primary N) is 1. The molecular formula is C19H18ClF3N4O. The number of rotatable bonds is 2. The third-order valence-electron chi connectivity index (χ3n) is 3.51. The van der Waals surface area contributed by atoms with E-state index in [0.29, 0.717) is 16.3 Å². The second-order valence-corrected chi connectivity index (χ2v) is 5.54. The van der Waals surface area contributed by atoms with Gasteiger partial charge in [0.25, 0.3) is 0 Å². The minimum atomic E-state index is -4.49. The molecule has 0 spiro atoms. The van der Waals surface area contributed by atoms with Gasteiger partial charge in [0, 0.05) is 35.4 Å². The zero-order valence-corrected chi connectivity index (χ0v) is 15.9. The molecule has 0 aliphatic rings. The van der Waals surface area contributed by atoms with Gasteiger partial charge in [-0.25, -0.2) is 4.98 Å². The Morgan fingerprint density at radius 1 is 0.929 bits per heavy atom. The summed E-state index contributed by atoms with van der Waals surface area (Å²) in [4.78, 5) is 19.6. The van der Waals surface area contributed by atoms with Gasteiger partial charge in [0.1, 0.15) is 17.6 Å². The van der Waals surface area contributed by atoms with Gasteiger partial charge < -0.3 is 10.5 Å². The Hall–Kier alpha value is -2.84. The number of aromatic nitrogens is 3. The lowest BCUT2D eigenvalue weighted by Gasteiger charge is -2.11. The monoisotopic (exact) mass is 410 g/mol. The molecule has 5 nitrogen and oxygen atoms in total. The zero-order chi connectivity index (χ0) is 21.3. The Bertz CT molecular complexity index is 920. The fourth-order valence-electron chi connectivity index (χ4n) is 2.32. The van der Waals surface area contributed by atoms with E-state index < -0.39 is 11.9 Å². The molecule has 0 radical (unpaired) electrons. The maximum atomic E-state index is 12.8. The summed E-state index contributed by atoms with van der Waals surface area (Å²) in [5, 5.41) is 0.334. The first-order valence-corrected chi connectivity index (χ1v) is 8.21. The minimum Gasteiger partial charge on any atom is -0.333 e. The molecule has 3 aromatic heterocycles. The van der Waals surface area contributed by atoms with Crippen LogP contribution in [-0.4, -0.2) is 28.8 Å². The number of pyridine rings is 3. The van der Waals surface area contributed by atoms with Crippen LogP contribution in [0.2, 0.25) is 5.15 Å². The summed E-state index contributed by atoms with van der Waals surface area (Å²) in [5.41, 5.74) is 6.84. The van der Waals surface area contributed by atoms with Gasteiger partial charge in [-0.15, -0.1) is 0 Å². The standard InChI is InChI=1S/C17H11ClF3N3.CH5N.CH2O/c1-10-14(12-3-5-23-16(18)8-12)6-13(9-24-10)11-2-4-22-15(7-11)17(19,20)21;2*1-2/h2-9H,1H3;2H2,1H3;1H2. The highest BCUT2D eigenvalue weighted by Gasteiger charge is 2.32. The van der Waals surface area contributed by atoms with Crippen LogP contribution in [0.5, 0.6) is 0 Å². The third kappa shape index (κ3) is 5.83. The minimum absolute atomic E-state index is 0.334. The first kappa shape index (κ1) is 23.2. The van der Waals surface area contributed by atoms with Crippen LogP contribution >= 0.6 is 11.6 Å². The number of halogens is 4. The van der Waals surface area contributed by atoms with Crippen molar-refractivity contribution in [2.45, 2.75) is 13.1 Å². The molecule has 0 saturated heterocycles. The summed E-state index contributed by atoms with van der Waals surface area (Å²) in [6.45, 7) is 3.82. The van der Waals surface area contributed by atoms with Crippen LogP contribution in [0.15, 0.2) is 48.9 Å². The number of carbonyl (C=O) groups is 1. The highest BCUT2D eigenvalue weighted by atomic mass is 35.5. The molecule has 0 saturated carbocycles. The number of carbonyl (C=O) groups excluding carboxylic acids is 1. The van der Waals surface area contributed by atoms with Gasteiger partial charge >= 0.3 is 6.18 Å². The number of nitrogens with zero attached hydrogens (tertiary/aromatic N) is 3.